The first-order chi connectivity index (χ1) is 9.22. The van der Waals surface area contributed by atoms with Gasteiger partial charge in [0.2, 0.25) is 0 Å². The Labute approximate surface area is 115 Å². The Bertz CT molecular complexity index is 405. The van der Waals surface area contributed by atoms with E-state index in [0.29, 0.717) is 0 Å². The smallest absolute Gasteiger partial charge is 0.122 e. The highest BCUT2D eigenvalue weighted by molar-refractivity contribution is 5.40. The zero-order valence-electron chi connectivity index (χ0n) is 12.1. The van der Waals surface area contributed by atoms with Gasteiger partial charge in [-0.25, -0.2) is 0 Å². The standard InChI is InChI=1S/C15H24N2O2/c1-17(11-12-9-16-10-12)7-6-13-8-14(18-2)4-5-15(13)19-3/h4-5,8,12,16H,6-7,9-11H2,1-3H3. The van der Waals surface area contributed by atoms with Crippen LogP contribution in [0.1, 0.15) is 5.56 Å². The molecule has 4 heteroatoms. The summed E-state index contributed by atoms with van der Waals surface area (Å²) in [4.78, 5) is 2.39. The second kappa shape index (κ2) is 6.78. The summed E-state index contributed by atoms with van der Waals surface area (Å²) >= 11 is 0. The van der Waals surface area contributed by atoms with Crippen molar-refractivity contribution >= 4 is 0 Å². The molecule has 1 aliphatic rings. The third-order valence-corrected chi connectivity index (χ3v) is 3.69. The first kappa shape index (κ1) is 14.2. The van der Waals surface area contributed by atoms with Gasteiger partial charge in [-0.1, -0.05) is 0 Å². The van der Waals surface area contributed by atoms with Crippen molar-refractivity contribution in [2.24, 2.45) is 5.92 Å². The SMILES string of the molecule is COc1ccc(OC)c(CCN(C)CC2CNC2)c1. The molecule has 1 aliphatic heterocycles. The molecule has 0 bridgehead atoms. The molecule has 106 valence electrons. The molecule has 1 heterocycles. The Hall–Kier alpha value is -1.26. The van der Waals surface area contributed by atoms with Gasteiger partial charge in [0.15, 0.2) is 0 Å². The maximum Gasteiger partial charge on any atom is 0.122 e. The van der Waals surface area contributed by atoms with Crippen LogP contribution in [0.15, 0.2) is 18.2 Å². The van der Waals surface area contributed by atoms with Crippen molar-refractivity contribution in [3.05, 3.63) is 23.8 Å². The molecular formula is C15H24N2O2. The number of hydrogen-bond acceptors (Lipinski definition) is 4. The number of benzene rings is 1. The normalized spacial score (nSPS) is 15.4. The van der Waals surface area contributed by atoms with Crippen LogP contribution in [0.4, 0.5) is 0 Å². The van der Waals surface area contributed by atoms with Gasteiger partial charge in [-0.2, -0.15) is 0 Å². The fraction of sp³-hybridized carbons (Fsp3) is 0.600. The molecule has 1 fully saturated rings. The van der Waals surface area contributed by atoms with E-state index in [0.717, 1.165) is 43.5 Å². The lowest BCUT2D eigenvalue weighted by atomic mass is 10.0. The van der Waals surface area contributed by atoms with Crippen LogP contribution in [0, 0.1) is 5.92 Å². The van der Waals surface area contributed by atoms with Crippen LogP contribution in [0.25, 0.3) is 0 Å². The minimum absolute atomic E-state index is 0.817. The molecule has 19 heavy (non-hydrogen) atoms. The lowest BCUT2D eigenvalue weighted by molar-refractivity contribution is 0.225. The molecule has 0 spiro atoms. The van der Waals surface area contributed by atoms with Crippen molar-refractivity contribution in [2.45, 2.75) is 6.42 Å². The highest BCUT2D eigenvalue weighted by Crippen LogP contribution is 2.24. The van der Waals surface area contributed by atoms with Gasteiger partial charge in [0.25, 0.3) is 0 Å². The first-order valence-electron chi connectivity index (χ1n) is 6.83. The quantitative estimate of drug-likeness (QED) is 0.807. The summed E-state index contributed by atoms with van der Waals surface area (Å²) in [5.74, 6) is 2.65. The van der Waals surface area contributed by atoms with Crippen LogP contribution < -0.4 is 14.8 Å². The Morgan fingerprint density at radius 1 is 1.26 bits per heavy atom. The van der Waals surface area contributed by atoms with Gasteiger partial charge in [0.1, 0.15) is 11.5 Å². The van der Waals surface area contributed by atoms with E-state index in [1.807, 2.05) is 12.1 Å². The van der Waals surface area contributed by atoms with E-state index in [2.05, 4.69) is 23.3 Å². The highest BCUT2D eigenvalue weighted by Gasteiger charge is 2.18. The number of likely N-dealkylation sites (N-methyl/N-ethyl adjacent to an activating group) is 1. The Morgan fingerprint density at radius 2 is 2.05 bits per heavy atom. The van der Waals surface area contributed by atoms with Crippen molar-refractivity contribution < 1.29 is 9.47 Å². The molecule has 0 aromatic heterocycles. The molecule has 0 aliphatic carbocycles. The van der Waals surface area contributed by atoms with E-state index >= 15 is 0 Å². The minimum Gasteiger partial charge on any atom is -0.497 e. The molecule has 0 unspecified atom stereocenters. The molecule has 1 aromatic carbocycles. The maximum absolute atomic E-state index is 5.41. The van der Waals surface area contributed by atoms with E-state index in [1.54, 1.807) is 14.2 Å². The molecule has 0 saturated carbocycles. The topological polar surface area (TPSA) is 33.7 Å². The fourth-order valence-electron chi connectivity index (χ4n) is 2.40. The lowest BCUT2D eigenvalue weighted by Crippen LogP contribution is -2.47. The predicted octanol–water partition coefficient (Wildman–Crippen LogP) is 1.40. The first-order valence-corrected chi connectivity index (χ1v) is 6.83. The van der Waals surface area contributed by atoms with Crippen LogP contribution in [0.5, 0.6) is 11.5 Å². The summed E-state index contributed by atoms with van der Waals surface area (Å²) in [6.07, 6.45) is 0.983. The summed E-state index contributed by atoms with van der Waals surface area (Å²) < 4.78 is 10.7. The molecule has 0 atom stereocenters. The van der Waals surface area contributed by atoms with Crippen LogP contribution in [0.3, 0.4) is 0 Å². The summed E-state index contributed by atoms with van der Waals surface area (Å²) in [6, 6.07) is 5.98. The molecule has 1 saturated heterocycles. The molecular weight excluding hydrogens is 240 g/mol. The van der Waals surface area contributed by atoms with Crippen molar-refractivity contribution in [1.29, 1.82) is 0 Å². The maximum atomic E-state index is 5.41. The van der Waals surface area contributed by atoms with E-state index < -0.39 is 0 Å². The Kier molecular flexibility index (Phi) is 5.05. The summed E-state index contributed by atoms with van der Waals surface area (Å²) in [6.45, 7) is 4.53. The number of nitrogens with one attached hydrogen (secondary N) is 1. The van der Waals surface area contributed by atoms with Crippen LogP contribution in [0.2, 0.25) is 0 Å². The zero-order valence-corrected chi connectivity index (χ0v) is 12.1. The average molecular weight is 264 g/mol. The lowest BCUT2D eigenvalue weighted by Gasteiger charge is -2.31. The predicted molar refractivity (Wildman–Crippen MR) is 77.1 cm³/mol. The van der Waals surface area contributed by atoms with Gasteiger partial charge < -0.3 is 19.7 Å². The summed E-state index contributed by atoms with van der Waals surface area (Å²) in [5, 5.41) is 3.31. The monoisotopic (exact) mass is 264 g/mol. The number of nitrogens with zero attached hydrogens (tertiary/aromatic N) is 1. The van der Waals surface area contributed by atoms with Crippen molar-refractivity contribution in [3.8, 4) is 11.5 Å². The van der Waals surface area contributed by atoms with Crippen LogP contribution in [-0.4, -0.2) is 52.3 Å². The van der Waals surface area contributed by atoms with Gasteiger partial charge in [0.05, 0.1) is 14.2 Å². The van der Waals surface area contributed by atoms with E-state index in [9.17, 15) is 0 Å². The average Bonchev–Trinajstić information content (AvgIpc) is 2.40. The van der Waals surface area contributed by atoms with Crippen molar-refractivity contribution in [2.75, 3.05) is 47.4 Å². The van der Waals surface area contributed by atoms with E-state index in [-0.39, 0.29) is 0 Å². The van der Waals surface area contributed by atoms with Gasteiger partial charge >= 0.3 is 0 Å². The molecule has 0 amide bonds. The summed E-state index contributed by atoms with van der Waals surface area (Å²) in [5.41, 5.74) is 1.21. The number of hydrogen-bond donors (Lipinski definition) is 1. The largest absolute Gasteiger partial charge is 0.497 e. The number of methoxy groups -OCH3 is 2. The zero-order chi connectivity index (χ0) is 13.7. The van der Waals surface area contributed by atoms with E-state index in [4.69, 9.17) is 9.47 Å². The third kappa shape index (κ3) is 3.85. The molecule has 4 nitrogen and oxygen atoms in total. The second-order valence-corrected chi connectivity index (χ2v) is 5.21. The molecule has 0 radical (unpaired) electrons. The van der Waals surface area contributed by atoms with Gasteiger partial charge in [0, 0.05) is 26.2 Å². The van der Waals surface area contributed by atoms with Gasteiger partial charge in [-0.15, -0.1) is 0 Å². The van der Waals surface area contributed by atoms with Crippen LogP contribution >= 0.6 is 0 Å². The van der Waals surface area contributed by atoms with Crippen molar-refractivity contribution in [1.82, 2.24) is 10.2 Å². The fourth-order valence-corrected chi connectivity index (χ4v) is 2.40. The molecule has 2 rings (SSSR count). The minimum atomic E-state index is 0.817. The highest BCUT2D eigenvalue weighted by atomic mass is 16.5. The van der Waals surface area contributed by atoms with E-state index in [1.165, 1.54) is 12.1 Å². The number of ether oxygens (including phenoxy) is 2. The Balaban J connectivity index is 1.89. The second-order valence-electron chi connectivity index (χ2n) is 5.21. The molecule has 1 N–H and O–H groups in total. The molecule has 1 aromatic rings. The number of rotatable bonds is 7. The third-order valence-electron chi connectivity index (χ3n) is 3.69. The summed E-state index contributed by atoms with van der Waals surface area (Å²) in [7, 11) is 5.60. The Morgan fingerprint density at radius 3 is 2.63 bits per heavy atom. The van der Waals surface area contributed by atoms with Gasteiger partial charge in [-0.3, -0.25) is 0 Å². The van der Waals surface area contributed by atoms with Crippen LogP contribution in [-0.2, 0) is 6.42 Å². The van der Waals surface area contributed by atoms with Gasteiger partial charge in [-0.05, 0) is 43.1 Å². The van der Waals surface area contributed by atoms with Crippen molar-refractivity contribution in [3.63, 3.8) is 0 Å².